The largest absolute Gasteiger partial charge is 0.462 e. The minimum atomic E-state index is -1.32. The first kappa shape index (κ1) is 34.8. The first-order valence-corrected chi connectivity index (χ1v) is 17.6. The molecule has 1 aromatic carbocycles. The number of hydrogen-bond acceptors (Lipinski definition) is 6. The lowest BCUT2D eigenvalue weighted by Gasteiger charge is -2.62. The van der Waals surface area contributed by atoms with E-state index in [4.69, 9.17) is 9.47 Å². The Morgan fingerprint density at radius 2 is 1.61 bits per heavy atom. The van der Waals surface area contributed by atoms with Crippen molar-refractivity contribution >= 4 is 33.7 Å². The highest BCUT2D eigenvalue weighted by molar-refractivity contribution is 9.10. The maximum atomic E-state index is 13.9. The molecule has 0 radical (unpaired) electrons. The van der Waals surface area contributed by atoms with Crippen molar-refractivity contribution in [3.8, 4) is 0 Å². The molecule has 4 aliphatic rings. The quantitative estimate of drug-likeness (QED) is 0.182. The van der Waals surface area contributed by atoms with Gasteiger partial charge in [-0.25, -0.2) is 4.79 Å². The standard InChI is InChI=1S/C39H51BrO6/c1-22(2)27-20-33(46-35(43)25-11-13-26(40)14-12-25)39(9,44)28(27)15-10-23(3)34-29(42)21-31-37(7)19-17-32(45-24(4)41)36(5,6)30(37)16-18-38(31,34)8/h10-15,27-28,30-33,44H,1,16-21H2,2-9H3/b15-10+,34-23+/t27-,28-,30-,31-,32-,33-,37-,38-,39+/m0/s1. The Kier molecular flexibility index (Phi) is 9.22. The van der Waals surface area contributed by atoms with E-state index in [1.165, 1.54) is 6.92 Å². The lowest BCUT2D eigenvalue weighted by molar-refractivity contribution is -0.185. The molecule has 7 heteroatoms. The van der Waals surface area contributed by atoms with Crippen LogP contribution in [0.5, 0.6) is 0 Å². The number of allylic oxidation sites excluding steroid dienone is 4. The number of hydrogen-bond donors (Lipinski definition) is 1. The smallest absolute Gasteiger partial charge is 0.338 e. The molecule has 0 heterocycles. The molecule has 0 aromatic heterocycles. The minimum Gasteiger partial charge on any atom is -0.462 e. The van der Waals surface area contributed by atoms with Crippen LogP contribution in [0.4, 0.5) is 0 Å². The van der Waals surface area contributed by atoms with Crippen LogP contribution in [0, 0.1) is 39.9 Å². The maximum Gasteiger partial charge on any atom is 0.338 e. The van der Waals surface area contributed by atoms with Gasteiger partial charge in [-0.1, -0.05) is 67.9 Å². The third-order valence-corrected chi connectivity index (χ3v) is 13.2. The van der Waals surface area contributed by atoms with Crippen molar-refractivity contribution < 1.29 is 29.0 Å². The van der Waals surface area contributed by atoms with E-state index in [9.17, 15) is 19.5 Å². The second kappa shape index (κ2) is 12.2. The van der Waals surface area contributed by atoms with Gasteiger partial charge in [-0.3, -0.25) is 9.59 Å². The molecule has 0 unspecified atom stereocenters. The Hall–Kier alpha value is -2.51. The molecular weight excluding hydrogens is 644 g/mol. The van der Waals surface area contributed by atoms with Crippen LogP contribution >= 0.6 is 15.9 Å². The molecule has 9 atom stereocenters. The number of fused-ring (bicyclic) bond motifs is 3. The Balaban J connectivity index is 1.41. The van der Waals surface area contributed by atoms with Gasteiger partial charge in [0, 0.05) is 40.1 Å². The van der Waals surface area contributed by atoms with Gasteiger partial charge in [0.15, 0.2) is 5.78 Å². The topological polar surface area (TPSA) is 89.9 Å². The van der Waals surface area contributed by atoms with Crippen molar-refractivity contribution in [2.75, 3.05) is 0 Å². The average molecular weight is 696 g/mol. The zero-order valence-corrected chi connectivity index (χ0v) is 30.3. The molecule has 0 aliphatic heterocycles. The predicted octanol–water partition coefficient (Wildman–Crippen LogP) is 8.57. The Morgan fingerprint density at radius 3 is 2.22 bits per heavy atom. The normalized spacial score (nSPS) is 39.5. The summed E-state index contributed by atoms with van der Waals surface area (Å²) in [6, 6.07) is 6.98. The van der Waals surface area contributed by atoms with E-state index in [-0.39, 0.29) is 51.9 Å². The summed E-state index contributed by atoms with van der Waals surface area (Å²) in [5.74, 6) is -0.343. The molecule has 4 aliphatic carbocycles. The Labute approximate surface area is 283 Å². The summed E-state index contributed by atoms with van der Waals surface area (Å²) in [5, 5.41) is 11.8. The first-order chi connectivity index (χ1) is 21.3. The van der Waals surface area contributed by atoms with Crippen molar-refractivity contribution in [2.24, 2.45) is 39.9 Å². The third-order valence-electron chi connectivity index (χ3n) is 12.7. The van der Waals surface area contributed by atoms with E-state index in [2.05, 4.69) is 50.2 Å². The van der Waals surface area contributed by atoms with Gasteiger partial charge < -0.3 is 14.6 Å². The molecule has 5 rings (SSSR count). The van der Waals surface area contributed by atoms with Gasteiger partial charge in [-0.05, 0) is 106 Å². The predicted molar refractivity (Wildman–Crippen MR) is 183 cm³/mol. The van der Waals surface area contributed by atoms with Crippen LogP contribution in [-0.2, 0) is 19.1 Å². The number of esters is 2. The van der Waals surface area contributed by atoms with Crippen molar-refractivity contribution in [2.45, 2.75) is 112 Å². The third kappa shape index (κ3) is 5.78. The molecule has 46 heavy (non-hydrogen) atoms. The van der Waals surface area contributed by atoms with E-state index in [0.29, 0.717) is 24.3 Å². The number of aliphatic hydroxyl groups is 1. The van der Waals surface area contributed by atoms with Gasteiger partial charge in [-0.15, -0.1) is 0 Å². The van der Waals surface area contributed by atoms with Crippen LogP contribution in [0.3, 0.4) is 0 Å². The molecule has 4 fully saturated rings. The highest BCUT2D eigenvalue weighted by Gasteiger charge is 2.65. The van der Waals surface area contributed by atoms with Crippen LogP contribution in [0.15, 0.2) is 64.2 Å². The first-order valence-electron chi connectivity index (χ1n) is 16.8. The van der Waals surface area contributed by atoms with Crippen molar-refractivity contribution in [3.05, 3.63) is 69.8 Å². The van der Waals surface area contributed by atoms with E-state index < -0.39 is 17.7 Å². The SMILES string of the molecule is C=C(C)[C@@H]1C[C@H](OC(=O)c2ccc(Br)cc2)[C@](C)(O)[C@H]1/C=C/C(C)=C1\C(=O)C[C@H]2[C@@]3(C)CC[C@H](OC(C)=O)C(C)(C)[C@@H]3CC[C@]12C. The number of benzene rings is 1. The summed E-state index contributed by atoms with van der Waals surface area (Å²) in [6.07, 6.45) is 7.84. The molecular formula is C39H51BrO6. The van der Waals surface area contributed by atoms with Crippen LogP contribution in [0.2, 0.25) is 0 Å². The molecule has 1 N–H and O–H groups in total. The zero-order chi connectivity index (χ0) is 34.0. The second-order valence-corrected chi connectivity index (χ2v) is 16.8. The van der Waals surface area contributed by atoms with E-state index in [0.717, 1.165) is 46.9 Å². The molecule has 6 nitrogen and oxygen atoms in total. The lowest BCUT2D eigenvalue weighted by Crippen LogP contribution is -2.58. The van der Waals surface area contributed by atoms with Gasteiger partial charge in [0.1, 0.15) is 17.8 Å². The van der Waals surface area contributed by atoms with Gasteiger partial charge in [0.05, 0.1) is 5.56 Å². The highest BCUT2D eigenvalue weighted by Crippen LogP contribution is 2.69. The number of ether oxygens (including phenoxy) is 2. The summed E-state index contributed by atoms with van der Waals surface area (Å²) in [6.45, 7) is 20.5. The summed E-state index contributed by atoms with van der Waals surface area (Å²) in [4.78, 5) is 38.8. The molecule has 0 bridgehead atoms. The zero-order valence-electron chi connectivity index (χ0n) is 28.7. The molecule has 0 saturated heterocycles. The van der Waals surface area contributed by atoms with Crippen LogP contribution in [0.1, 0.15) is 104 Å². The van der Waals surface area contributed by atoms with Gasteiger partial charge in [-0.2, -0.15) is 0 Å². The summed E-state index contributed by atoms with van der Waals surface area (Å²) in [7, 11) is 0. The van der Waals surface area contributed by atoms with Crippen LogP contribution < -0.4 is 0 Å². The van der Waals surface area contributed by atoms with E-state index in [1.807, 2.05) is 26.0 Å². The lowest BCUT2D eigenvalue weighted by atomic mass is 9.43. The number of carbonyl (C=O) groups is 3. The van der Waals surface area contributed by atoms with Crippen LogP contribution in [0.25, 0.3) is 0 Å². The highest BCUT2D eigenvalue weighted by atomic mass is 79.9. The monoisotopic (exact) mass is 694 g/mol. The number of carbonyl (C=O) groups excluding carboxylic acids is 3. The second-order valence-electron chi connectivity index (χ2n) is 15.9. The number of rotatable bonds is 6. The number of ketones is 1. The Morgan fingerprint density at radius 1 is 0.957 bits per heavy atom. The fourth-order valence-corrected chi connectivity index (χ4v) is 10.6. The van der Waals surface area contributed by atoms with Crippen LogP contribution in [-0.4, -0.2) is 40.6 Å². The number of halogens is 1. The molecule has 0 spiro atoms. The van der Waals surface area contributed by atoms with Gasteiger partial charge >= 0.3 is 11.9 Å². The average Bonchev–Trinajstić information content (AvgIpc) is 3.38. The maximum absolute atomic E-state index is 13.9. The van der Waals surface area contributed by atoms with E-state index in [1.54, 1.807) is 31.2 Å². The molecule has 0 amide bonds. The van der Waals surface area contributed by atoms with Crippen molar-refractivity contribution in [1.29, 1.82) is 0 Å². The van der Waals surface area contributed by atoms with Gasteiger partial charge in [0.2, 0.25) is 0 Å². The molecule has 4 saturated carbocycles. The minimum absolute atomic E-state index is 0.0410. The van der Waals surface area contributed by atoms with Crippen molar-refractivity contribution in [3.63, 3.8) is 0 Å². The fourth-order valence-electron chi connectivity index (χ4n) is 10.3. The fraction of sp³-hybridized carbons (Fsp3) is 0.615. The van der Waals surface area contributed by atoms with Gasteiger partial charge in [0.25, 0.3) is 0 Å². The molecule has 250 valence electrons. The van der Waals surface area contributed by atoms with E-state index >= 15 is 0 Å². The summed E-state index contributed by atoms with van der Waals surface area (Å²) in [5.41, 5.74) is 1.42. The Bertz CT molecular complexity index is 1480. The summed E-state index contributed by atoms with van der Waals surface area (Å²) < 4.78 is 12.6. The molecule has 1 aromatic rings. The van der Waals surface area contributed by atoms with Crippen molar-refractivity contribution in [1.82, 2.24) is 0 Å². The number of Topliss-reactive ketones (excluding diaryl/α,β-unsaturated/α-hetero) is 1. The summed E-state index contributed by atoms with van der Waals surface area (Å²) >= 11 is 3.39.